The minimum absolute atomic E-state index is 0.0712. The van der Waals surface area contributed by atoms with Crippen molar-refractivity contribution in [1.29, 1.82) is 5.26 Å². The summed E-state index contributed by atoms with van der Waals surface area (Å²) >= 11 is 0. The zero-order chi connectivity index (χ0) is 20.7. The van der Waals surface area contributed by atoms with Crippen molar-refractivity contribution in [3.8, 4) is 28.8 Å². The smallest absolute Gasteiger partial charge is 0.230 e. The average Bonchev–Trinajstić information content (AvgIpc) is 2.73. The maximum atomic E-state index is 12.6. The lowest BCUT2D eigenvalue weighted by molar-refractivity contribution is -0.121. The van der Waals surface area contributed by atoms with E-state index < -0.39 is 0 Å². The third-order valence-corrected chi connectivity index (χ3v) is 4.29. The number of nitriles is 1. The van der Waals surface area contributed by atoms with E-state index in [2.05, 4.69) is 23.0 Å². The second-order valence-corrected chi connectivity index (χ2v) is 6.61. The number of carbonyl (C=O) groups is 1. The lowest BCUT2D eigenvalue weighted by Gasteiger charge is -2.24. The molecule has 28 heavy (non-hydrogen) atoms. The van der Waals surface area contributed by atoms with E-state index >= 15 is 0 Å². The predicted octanol–water partition coefficient (Wildman–Crippen LogP) is 3.82. The first-order chi connectivity index (χ1) is 13.5. The van der Waals surface area contributed by atoms with Gasteiger partial charge in [0.25, 0.3) is 0 Å². The Hall–Kier alpha value is -3.14. The number of ether oxygens (including phenoxy) is 2. The maximum absolute atomic E-state index is 12.6. The molecule has 0 aliphatic rings. The number of benzene rings is 1. The van der Waals surface area contributed by atoms with Gasteiger partial charge >= 0.3 is 0 Å². The maximum Gasteiger partial charge on any atom is 0.230 e. The Labute approximate surface area is 165 Å². The summed E-state index contributed by atoms with van der Waals surface area (Å²) in [6, 6.07) is 7.45. The number of carbonyl (C=O) groups excluding carboxylic acids is 1. The van der Waals surface area contributed by atoms with Crippen LogP contribution in [-0.2, 0) is 4.79 Å². The molecule has 0 saturated carbocycles. The van der Waals surface area contributed by atoms with Gasteiger partial charge in [0.15, 0.2) is 23.0 Å². The van der Waals surface area contributed by atoms with Crippen LogP contribution in [-0.4, -0.2) is 36.6 Å². The molecule has 0 N–H and O–H groups in total. The first-order valence-corrected chi connectivity index (χ1v) is 9.27. The second-order valence-electron chi connectivity index (χ2n) is 6.61. The molecule has 0 radical (unpaired) electrons. The van der Waals surface area contributed by atoms with Crippen LogP contribution in [0.3, 0.4) is 0 Å². The molecule has 0 aliphatic carbocycles. The summed E-state index contributed by atoms with van der Waals surface area (Å²) in [5, 5.41) is 9.63. The summed E-state index contributed by atoms with van der Waals surface area (Å²) in [7, 11) is 3.12. The number of anilines is 1. The van der Waals surface area contributed by atoms with Crippen LogP contribution in [0, 0.1) is 17.2 Å². The lowest BCUT2D eigenvalue weighted by Crippen LogP contribution is -2.36. The molecular weight excluding hydrogens is 356 g/mol. The number of aromatic nitrogens is 2. The van der Waals surface area contributed by atoms with E-state index in [1.165, 1.54) is 0 Å². The lowest BCUT2D eigenvalue weighted by atomic mass is 10.1. The molecule has 1 aromatic heterocycles. The quantitative estimate of drug-likeness (QED) is 0.689. The highest BCUT2D eigenvalue weighted by atomic mass is 16.5. The number of rotatable bonds is 8. The van der Waals surface area contributed by atoms with Gasteiger partial charge in [-0.05, 0) is 24.6 Å². The van der Waals surface area contributed by atoms with E-state index in [0.29, 0.717) is 29.6 Å². The van der Waals surface area contributed by atoms with Crippen LogP contribution in [0.15, 0.2) is 24.4 Å². The Balaban J connectivity index is 2.48. The average molecular weight is 382 g/mol. The molecule has 0 unspecified atom stereocenters. The van der Waals surface area contributed by atoms with Gasteiger partial charge < -0.3 is 9.47 Å². The molecule has 2 rings (SSSR count). The molecule has 0 aliphatic heterocycles. The van der Waals surface area contributed by atoms with Gasteiger partial charge in [-0.25, -0.2) is 9.97 Å². The van der Waals surface area contributed by atoms with Crippen LogP contribution in [0.4, 0.5) is 5.82 Å². The monoisotopic (exact) mass is 382 g/mol. The summed E-state index contributed by atoms with van der Waals surface area (Å²) in [5.41, 5.74) is 1.38. The highest BCUT2D eigenvalue weighted by Crippen LogP contribution is 2.32. The van der Waals surface area contributed by atoms with Crippen LogP contribution in [0.5, 0.6) is 11.5 Å². The van der Waals surface area contributed by atoms with Crippen molar-refractivity contribution in [2.24, 2.45) is 5.92 Å². The fourth-order valence-corrected chi connectivity index (χ4v) is 2.74. The van der Waals surface area contributed by atoms with Gasteiger partial charge in [0.05, 0.1) is 26.1 Å². The van der Waals surface area contributed by atoms with E-state index in [9.17, 15) is 10.1 Å². The van der Waals surface area contributed by atoms with Crippen LogP contribution >= 0.6 is 0 Å². The van der Waals surface area contributed by atoms with Crippen LogP contribution < -0.4 is 14.4 Å². The van der Waals surface area contributed by atoms with Gasteiger partial charge in [0, 0.05) is 18.0 Å². The number of nitrogens with zero attached hydrogens (tertiary/aromatic N) is 4. The van der Waals surface area contributed by atoms with Crippen molar-refractivity contribution in [2.75, 3.05) is 25.7 Å². The van der Waals surface area contributed by atoms with E-state index in [0.717, 1.165) is 18.4 Å². The van der Waals surface area contributed by atoms with E-state index in [-0.39, 0.29) is 17.5 Å². The molecule has 0 saturated heterocycles. The Morgan fingerprint density at radius 2 is 1.96 bits per heavy atom. The molecule has 0 bridgehead atoms. The fraction of sp³-hybridized carbons (Fsp3) is 0.429. The zero-order valence-electron chi connectivity index (χ0n) is 17.0. The summed E-state index contributed by atoms with van der Waals surface area (Å²) in [6.45, 7) is 6.22. The Morgan fingerprint density at radius 1 is 1.25 bits per heavy atom. The van der Waals surface area contributed by atoms with Crippen molar-refractivity contribution >= 4 is 11.7 Å². The van der Waals surface area contributed by atoms with Crippen LogP contribution in [0.2, 0.25) is 0 Å². The first kappa shape index (κ1) is 21.2. The van der Waals surface area contributed by atoms with Crippen LogP contribution in [0.25, 0.3) is 11.3 Å². The SMILES string of the molecule is CCCCN(C(=O)C(C)C)c1ncc(-c2ccc(OC)c(OC)c2)nc1C#N. The van der Waals surface area contributed by atoms with Gasteiger partial charge in [-0.2, -0.15) is 5.26 Å². The normalized spacial score (nSPS) is 10.5. The predicted molar refractivity (Wildman–Crippen MR) is 107 cm³/mol. The van der Waals surface area contributed by atoms with Gasteiger partial charge in [0.1, 0.15) is 6.07 Å². The van der Waals surface area contributed by atoms with Gasteiger partial charge in [0.2, 0.25) is 5.91 Å². The molecule has 0 atom stereocenters. The summed E-state index contributed by atoms with van der Waals surface area (Å²) < 4.78 is 10.6. The van der Waals surface area contributed by atoms with Gasteiger partial charge in [-0.15, -0.1) is 0 Å². The summed E-state index contributed by atoms with van der Waals surface area (Å²) in [4.78, 5) is 23.1. The molecule has 1 heterocycles. The van der Waals surface area contributed by atoms with Crippen molar-refractivity contribution < 1.29 is 14.3 Å². The molecule has 148 valence electrons. The summed E-state index contributed by atoms with van der Waals surface area (Å²) in [5.74, 6) is 1.20. The van der Waals surface area contributed by atoms with Crippen molar-refractivity contribution in [3.63, 3.8) is 0 Å². The molecule has 7 nitrogen and oxygen atoms in total. The first-order valence-electron chi connectivity index (χ1n) is 9.27. The van der Waals surface area contributed by atoms with Gasteiger partial charge in [-0.1, -0.05) is 27.2 Å². The topological polar surface area (TPSA) is 88.3 Å². The molecule has 0 fully saturated rings. The number of hydrogen-bond donors (Lipinski definition) is 0. The van der Waals surface area contributed by atoms with Crippen molar-refractivity contribution in [2.45, 2.75) is 33.6 Å². The molecule has 0 spiro atoms. The highest BCUT2D eigenvalue weighted by Gasteiger charge is 2.23. The highest BCUT2D eigenvalue weighted by molar-refractivity contribution is 5.94. The number of amides is 1. The third kappa shape index (κ3) is 4.58. The van der Waals surface area contributed by atoms with Crippen LogP contribution in [0.1, 0.15) is 39.3 Å². The zero-order valence-corrected chi connectivity index (χ0v) is 17.0. The number of methoxy groups -OCH3 is 2. The van der Waals surface area contributed by atoms with E-state index in [1.54, 1.807) is 37.4 Å². The molecule has 1 amide bonds. The Morgan fingerprint density at radius 3 is 2.54 bits per heavy atom. The molecule has 7 heteroatoms. The van der Waals surface area contributed by atoms with Gasteiger partial charge in [-0.3, -0.25) is 9.69 Å². The molecule has 2 aromatic rings. The molecule has 1 aromatic carbocycles. The Kier molecular flexibility index (Phi) is 7.33. The number of unbranched alkanes of at least 4 members (excludes halogenated alkanes) is 1. The fourth-order valence-electron chi connectivity index (χ4n) is 2.74. The molecular formula is C21H26N4O3. The minimum Gasteiger partial charge on any atom is -0.493 e. The minimum atomic E-state index is -0.198. The summed E-state index contributed by atoms with van der Waals surface area (Å²) in [6.07, 6.45) is 3.33. The van der Waals surface area contributed by atoms with Crippen molar-refractivity contribution in [1.82, 2.24) is 9.97 Å². The largest absolute Gasteiger partial charge is 0.493 e. The second kappa shape index (κ2) is 9.70. The third-order valence-electron chi connectivity index (χ3n) is 4.29. The number of hydrogen-bond acceptors (Lipinski definition) is 6. The standard InChI is InChI=1S/C21H26N4O3/c1-6-7-10-25(21(26)14(2)3)20-16(12-22)24-17(13-23-20)15-8-9-18(27-4)19(11-15)28-5/h8-9,11,13-14H,6-7,10H2,1-5H3. The van der Waals surface area contributed by atoms with Crippen molar-refractivity contribution in [3.05, 3.63) is 30.1 Å². The Bertz CT molecular complexity index is 874. The van der Waals surface area contributed by atoms with E-state index in [1.807, 2.05) is 19.9 Å². The van der Waals surface area contributed by atoms with E-state index in [4.69, 9.17) is 9.47 Å².